The molecule has 3 heterocycles. The molecule has 1 aliphatic carbocycles. The summed E-state index contributed by atoms with van der Waals surface area (Å²) in [6, 6.07) is 0. The van der Waals surface area contributed by atoms with Gasteiger partial charge in [0.05, 0.1) is 32.1 Å². The van der Waals surface area contributed by atoms with Crippen molar-refractivity contribution in [2.45, 2.75) is 31.9 Å². The number of ether oxygens (including phenoxy) is 2. The van der Waals surface area contributed by atoms with Crippen LogP contribution in [0.3, 0.4) is 0 Å². The van der Waals surface area contributed by atoms with E-state index in [-0.39, 0.29) is 12.0 Å². The third-order valence-electron chi connectivity index (χ3n) is 4.75. The highest BCUT2D eigenvalue weighted by molar-refractivity contribution is 7.11. The van der Waals surface area contributed by atoms with Gasteiger partial charge in [-0.25, -0.2) is 4.98 Å². The van der Waals surface area contributed by atoms with Crippen LogP contribution in [0.5, 0.6) is 0 Å². The monoisotopic (exact) mass is 337 g/mol. The maximum Gasteiger partial charge on any atom is 0.253 e. The van der Waals surface area contributed by atoms with Crippen molar-refractivity contribution in [2.75, 3.05) is 46.0 Å². The Morgan fingerprint density at radius 1 is 1.22 bits per heavy atom. The van der Waals surface area contributed by atoms with Crippen LogP contribution in [0.4, 0.5) is 0 Å². The molecule has 1 aromatic rings. The molecule has 1 unspecified atom stereocenters. The molecule has 0 N–H and O–H groups in total. The molecule has 1 aromatic heterocycles. The first-order valence-electron chi connectivity index (χ1n) is 8.47. The fourth-order valence-electron chi connectivity index (χ4n) is 3.49. The minimum Gasteiger partial charge on any atom is -0.378 e. The summed E-state index contributed by atoms with van der Waals surface area (Å²) in [6.45, 7) is 5.62. The van der Waals surface area contributed by atoms with Gasteiger partial charge in [0, 0.05) is 31.1 Å². The topological polar surface area (TPSA) is 54.9 Å². The molecule has 2 fully saturated rings. The van der Waals surface area contributed by atoms with E-state index in [0.717, 1.165) is 19.5 Å². The van der Waals surface area contributed by atoms with E-state index in [4.69, 9.17) is 14.5 Å². The predicted octanol–water partition coefficient (Wildman–Crippen LogP) is 0.691. The number of carbonyl (C=O) groups excluding carboxylic acids is 1. The number of hydrogen-bond acceptors (Lipinski definition) is 6. The highest BCUT2D eigenvalue weighted by atomic mass is 32.1. The van der Waals surface area contributed by atoms with Crippen LogP contribution in [0.2, 0.25) is 0 Å². The average Bonchev–Trinajstić information content (AvgIpc) is 3.17. The Kier molecular flexibility index (Phi) is 4.61. The van der Waals surface area contributed by atoms with Crippen LogP contribution in [0, 0.1) is 0 Å². The maximum absolute atomic E-state index is 12.6. The van der Waals surface area contributed by atoms with Gasteiger partial charge in [-0.2, -0.15) is 0 Å². The summed E-state index contributed by atoms with van der Waals surface area (Å²) in [5, 5.41) is 1.19. The number of thiazole rings is 1. The molecule has 7 heteroatoms. The number of nitrogens with zero attached hydrogens (tertiary/aromatic N) is 3. The molecule has 0 radical (unpaired) electrons. The Morgan fingerprint density at radius 2 is 2.09 bits per heavy atom. The smallest absolute Gasteiger partial charge is 0.253 e. The second-order valence-electron chi connectivity index (χ2n) is 6.36. The van der Waals surface area contributed by atoms with E-state index < -0.39 is 0 Å². The lowest BCUT2D eigenvalue weighted by Crippen LogP contribution is -2.53. The van der Waals surface area contributed by atoms with Gasteiger partial charge in [-0.15, -0.1) is 11.3 Å². The molecule has 1 atom stereocenters. The van der Waals surface area contributed by atoms with Crippen molar-refractivity contribution in [2.24, 2.45) is 0 Å². The summed E-state index contributed by atoms with van der Waals surface area (Å²) in [4.78, 5) is 23.0. The van der Waals surface area contributed by atoms with Crippen LogP contribution in [0.1, 0.15) is 22.0 Å². The highest BCUT2D eigenvalue weighted by Crippen LogP contribution is 2.28. The molecule has 4 rings (SSSR count). The van der Waals surface area contributed by atoms with E-state index >= 15 is 0 Å². The normalized spacial score (nSPS) is 25.6. The van der Waals surface area contributed by atoms with Gasteiger partial charge in [0.1, 0.15) is 11.1 Å². The van der Waals surface area contributed by atoms with Gasteiger partial charge in [-0.3, -0.25) is 9.69 Å². The fourth-order valence-corrected chi connectivity index (χ4v) is 4.68. The number of amides is 1. The zero-order chi connectivity index (χ0) is 15.6. The molecule has 2 saturated heterocycles. The van der Waals surface area contributed by atoms with Crippen LogP contribution >= 0.6 is 11.3 Å². The molecule has 23 heavy (non-hydrogen) atoms. The lowest BCUT2D eigenvalue weighted by Gasteiger charge is -2.35. The predicted molar refractivity (Wildman–Crippen MR) is 86.6 cm³/mol. The standard InChI is InChI=1S/C16H23N3O3S/c20-16(19-5-7-21-8-6-19)13-10-18(4-9-22-13)11-15-17-12-2-1-3-14(12)23-15/h13H,1-11H2. The summed E-state index contributed by atoms with van der Waals surface area (Å²) in [5.41, 5.74) is 1.30. The Morgan fingerprint density at radius 3 is 2.91 bits per heavy atom. The zero-order valence-corrected chi connectivity index (χ0v) is 14.1. The van der Waals surface area contributed by atoms with Gasteiger partial charge in [0.2, 0.25) is 0 Å². The summed E-state index contributed by atoms with van der Waals surface area (Å²) >= 11 is 1.85. The van der Waals surface area contributed by atoms with Crippen LogP contribution in [0.25, 0.3) is 0 Å². The number of rotatable bonds is 3. The van der Waals surface area contributed by atoms with E-state index in [9.17, 15) is 4.79 Å². The van der Waals surface area contributed by atoms with Gasteiger partial charge in [-0.1, -0.05) is 0 Å². The molecule has 0 saturated carbocycles. The fraction of sp³-hybridized carbons (Fsp3) is 0.750. The van der Waals surface area contributed by atoms with E-state index in [1.54, 1.807) is 0 Å². The van der Waals surface area contributed by atoms with Crippen molar-refractivity contribution in [3.8, 4) is 0 Å². The third kappa shape index (κ3) is 3.42. The van der Waals surface area contributed by atoms with Gasteiger partial charge in [0.15, 0.2) is 0 Å². The molecule has 0 aromatic carbocycles. The van der Waals surface area contributed by atoms with Crippen LogP contribution in [-0.4, -0.2) is 72.8 Å². The summed E-state index contributed by atoms with van der Waals surface area (Å²) in [7, 11) is 0. The number of carbonyl (C=O) groups is 1. The van der Waals surface area contributed by atoms with Gasteiger partial charge >= 0.3 is 0 Å². The first kappa shape index (κ1) is 15.5. The summed E-state index contributed by atoms with van der Waals surface area (Å²) in [6.07, 6.45) is 3.23. The lowest BCUT2D eigenvalue weighted by molar-refractivity contribution is -0.153. The number of hydrogen-bond donors (Lipinski definition) is 0. The number of aryl methyl sites for hydroxylation is 2. The highest BCUT2D eigenvalue weighted by Gasteiger charge is 2.31. The molecule has 0 spiro atoms. The second-order valence-corrected chi connectivity index (χ2v) is 7.53. The quantitative estimate of drug-likeness (QED) is 0.812. The van der Waals surface area contributed by atoms with Gasteiger partial charge in [-0.05, 0) is 19.3 Å². The minimum atomic E-state index is -0.339. The average molecular weight is 337 g/mol. The molecule has 0 bridgehead atoms. The van der Waals surface area contributed by atoms with Crippen molar-refractivity contribution in [3.05, 3.63) is 15.6 Å². The number of morpholine rings is 2. The van der Waals surface area contributed by atoms with Crippen LogP contribution < -0.4 is 0 Å². The maximum atomic E-state index is 12.6. The Hall–Kier alpha value is -1.02. The lowest BCUT2D eigenvalue weighted by atomic mass is 10.2. The van der Waals surface area contributed by atoms with E-state index in [1.165, 1.54) is 28.4 Å². The number of aromatic nitrogens is 1. The SMILES string of the molecule is O=C(C1CN(Cc2nc3c(s2)CCC3)CCO1)N1CCOCC1. The van der Waals surface area contributed by atoms with Crippen molar-refractivity contribution < 1.29 is 14.3 Å². The summed E-state index contributed by atoms with van der Waals surface area (Å²) in [5.74, 6) is 0.111. The second kappa shape index (κ2) is 6.84. The van der Waals surface area contributed by atoms with Crippen LogP contribution in [-0.2, 0) is 33.7 Å². The van der Waals surface area contributed by atoms with Gasteiger partial charge in [0.25, 0.3) is 5.91 Å². The molecule has 2 aliphatic heterocycles. The molecule has 3 aliphatic rings. The van der Waals surface area contributed by atoms with Crippen molar-refractivity contribution >= 4 is 17.2 Å². The van der Waals surface area contributed by atoms with Crippen molar-refractivity contribution in [1.29, 1.82) is 0 Å². The van der Waals surface area contributed by atoms with Crippen molar-refractivity contribution in [3.63, 3.8) is 0 Å². The third-order valence-corrected chi connectivity index (χ3v) is 5.89. The Balaban J connectivity index is 1.35. The Labute approximate surface area is 140 Å². The van der Waals surface area contributed by atoms with E-state index in [0.29, 0.717) is 39.5 Å². The van der Waals surface area contributed by atoms with Gasteiger partial charge < -0.3 is 14.4 Å². The van der Waals surface area contributed by atoms with Crippen LogP contribution in [0.15, 0.2) is 0 Å². The summed E-state index contributed by atoms with van der Waals surface area (Å²) < 4.78 is 11.0. The van der Waals surface area contributed by atoms with E-state index in [2.05, 4.69) is 4.90 Å². The molecule has 6 nitrogen and oxygen atoms in total. The van der Waals surface area contributed by atoms with Crippen molar-refractivity contribution in [1.82, 2.24) is 14.8 Å². The Bertz CT molecular complexity index is 549. The molecule has 126 valence electrons. The number of fused-ring (bicyclic) bond motifs is 1. The molecule has 1 amide bonds. The largest absolute Gasteiger partial charge is 0.378 e. The zero-order valence-electron chi connectivity index (χ0n) is 13.3. The molecular weight excluding hydrogens is 314 g/mol. The first-order valence-corrected chi connectivity index (χ1v) is 9.29. The first-order chi connectivity index (χ1) is 11.3. The minimum absolute atomic E-state index is 0.111. The van der Waals surface area contributed by atoms with E-state index in [1.807, 2.05) is 16.2 Å². The molecular formula is C16H23N3O3S.